The summed E-state index contributed by atoms with van der Waals surface area (Å²) in [6.07, 6.45) is 6.16. The standard InChI is InChI=1S/C16H26N2S/c1-19-13-7-10-17-14-16(18-11-5-6-12-18)15-8-3-2-4-9-15/h2-4,8-9,16-17H,5-7,10-14H2,1H3. The number of likely N-dealkylation sites (tertiary alicyclic amines) is 1. The molecule has 1 N–H and O–H groups in total. The topological polar surface area (TPSA) is 15.3 Å². The average Bonchev–Trinajstić information content (AvgIpc) is 2.98. The van der Waals surface area contributed by atoms with E-state index in [9.17, 15) is 0 Å². The maximum atomic E-state index is 3.64. The minimum absolute atomic E-state index is 0.554. The molecule has 2 rings (SSSR count). The van der Waals surface area contributed by atoms with Crippen molar-refractivity contribution >= 4 is 11.8 Å². The second kappa shape index (κ2) is 8.62. The predicted molar refractivity (Wildman–Crippen MR) is 85.9 cm³/mol. The molecule has 0 amide bonds. The van der Waals surface area contributed by atoms with Gasteiger partial charge in [-0.05, 0) is 56.5 Å². The van der Waals surface area contributed by atoms with Gasteiger partial charge >= 0.3 is 0 Å². The van der Waals surface area contributed by atoms with Crippen LogP contribution >= 0.6 is 11.8 Å². The summed E-state index contributed by atoms with van der Waals surface area (Å²) in [6.45, 7) is 4.73. The molecule has 1 heterocycles. The highest BCUT2D eigenvalue weighted by Crippen LogP contribution is 2.24. The Hall–Kier alpha value is -0.510. The number of hydrogen-bond acceptors (Lipinski definition) is 3. The molecular weight excluding hydrogens is 252 g/mol. The molecule has 1 aliphatic rings. The molecule has 0 bridgehead atoms. The summed E-state index contributed by atoms with van der Waals surface area (Å²) >= 11 is 1.93. The lowest BCUT2D eigenvalue weighted by atomic mass is 10.1. The van der Waals surface area contributed by atoms with E-state index in [4.69, 9.17) is 0 Å². The molecule has 1 unspecified atom stereocenters. The monoisotopic (exact) mass is 278 g/mol. The van der Waals surface area contributed by atoms with Crippen LogP contribution in [0.4, 0.5) is 0 Å². The van der Waals surface area contributed by atoms with Gasteiger partial charge in [0.05, 0.1) is 0 Å². The van der Waals surface area contributed by atoms with Gasteiger partial charge in [-0.15, -0.1) is 0 Å². The van der Waals surface area contributed by atoms with Crippen LogP contribution in [0.1, 0.15) is 30.9 Å². The van der Waals surface area contributed by atoms with Crippen LogP contribution in [-0.4, -0.2) is 43.1 Å². The molecule has 2 nitrogen and oxygen atoms in total. The lowest BCUT2D eigenvalue weighted by Crippen LogP contribution is -2.34. The van der Waals surface area contributed by atoms with E-state index in [0.717, 1.165) is 13.1 Å². The second-order valence-corrected chi connectivity index (χ2v) is 6.21. The summed E-state index contributed by atoms with van der Waals surface area (Å²) in [4.78, 5) is 2.64. The number of hydrogen-bond donors (Lipinski definition) is 1. The Bertz CT molecular complexity index is 336. The van der Waals surface area contributed by atoms with Crippen LogP contribution in [0.25, 0.3) is 0 Å². The van der Waals surface area contributed by atoms with E-state index in [-0.39, 0.29) is 0 Å². The molecule has 1 aromatic carbocycles. The Morgan fingerprint density at radius 2 is 1.95 bits per heavy atom. The van der Waals surface area contributed by atoms with Crippen molar-refractivity contribution in [1.82, 2.24) is 10.2 Å². The summed E-state index contributed by atoms with van der Waals surface area (Å²) in [5, 5.41) is 3.64. The van der Waals surface area contributed by atoms with E-state index in [1.165, 1.54) is 43.7 Å². The Labute approximate surface area is 122 Å². The van der Waals surface area contributed by atoms with Gasteiger partial charge in [0.1, 0.15) is 0 Å². The van der Waals surface area contributed by atoms with Crippen LogP contribution in [0.5, 0.6) is 0 Å². The van der Waals surface area contributed by atoms with Crippen LogP contribution in [0.2, 0.25) is 0 Å². The lowest BCUT2D eigenvalue weighted by molar-refractivity contribution is 0.239. The zero-order chi connectivity index (χ0) is 13.3. The minimum Gasteiger partial charge on any atom is -0.315 e. The maximum Gasteiger partial charge on any atom is 0.0472 e. The molecule has 1 fully saturated rings. The molecule has 1 atom stereocenters. The maximum absolute atomic E-state index is 3.64. The van der Waals surface area contributed by atoms with Crippen molar-refractivity contribution in [3.63, 3.8) is 0 Å². The van der Waals surface area contributed by atoms with Crippen LogP contribution in [0.15, 0.2) is 30.3 Å². The predicted octanol–water partition coefficient (Wildman–Crippen LogP) is 3.17. The van der Waals surface area contributed by atoms with Gasteiger partial charge in [-0.2, -0.15) is 11.8 Å². The highest BCUT2D eigenvalue weighted by Gasteiger charge is 2.22. The fourth-order valence-corrected chi connectivity index (χ4v) is 3.20. The van der Waals surface area contributed by atoms with E-state index < -0.39 is 0 Å². The van der Waals surface area contributed by atoms with Gasteiger partial charge < -0.3 is 5.32 Å². The summed E-state index contributed by atoms with van der Waals surface area (Å²) in [5.41, 5.74) is 1.46. The Morgan fingerprint density at radius 3 is 2.63 bits per heavy atom. The Balaban J connectivity index is 1.87. The normalized spacial score (nSPS) is 17.7. The number of nitrogens with one attached hydrogen (secondary N) is 1. The molecule has 0 aliphatic carbocycles. The van der Waals surface area contributed by atoms with E-state index in [1.807, 2.05) is 11.8 Å². The third kappa shape index (κ3) is 4.83. The molecule has 1 aromatic rings. The van der Waals surface area contributed by atoms with Gasteiger partial charge in [0.2, 0.25) is 0 Å². The van der Waals surface area contributed by atoms with Crippen molar-refractivity contribution in [3.05, 3.63) is 35.9 Å². The summed E-state index contributed by atoms with van der Waals surface area (Å²) < 4.78 is 0. The van der Waals surface area contributed by atoms with Gasteiger partial charge in [0.15, 0.2) is 0 Å². The summed E-state index contributed by atoms with van der Waals surface area (Å²) in [5.74, 6) is 1.26. The van der Waals surface area contributed by atoms with E-state index in [0.29, 0.717) is 6.04 Å². The molecular formula is C16H26N2S. The van der Waals surface area contributed by atoms with Crippen LogP contribution < -0.4 is 5.32 Å². The Morgan fingerprint density at radius 1 is 1.21 bits per heavy atom. The Kier molecular flexibility index (Phi) is 6.75. The molecule has 3 heteroatoms. The first kappa shape index (κ1) is 14.9. The summed E-state index contributed by atoms with van der Waals surface area (Å²) in [6, 6.07) is 11.5. The van der Waals surface area contributed by atoms with Crippen LogP contribution in [0.3, 0.4) is 0 Å². The number of nitrogens with zero attached hydrogens (tertiary/aromatic N) is 1. The van der Waals surface area contributed by atoms with Gasteiger partial charge in [0, 0.05) is 12.6 Å². The second-order valence-electron chi connectivity index (χ2n) is 5.22. The van der Waals surface area contributed by atoms with Crippen molar-refractivity contribution in [2.45, 2.75) is 25.3 Å². The van der Waals surface area contributed by atoms with Gasteiger partial charge in [-0.3, -0.25) is 4.90 Å². The molecule has 1 saturated heterocycles. The fraction of sp³-hybridized carbons (Fsp3) is 0.625. The highest BCUT2D eigenvalue weighted by molar-refractivity contribution is 7.98. The fourth-order valence-electron chi connectivity index (χ4n) is 2.77. The first-order chi connectivity index (χ1) is 9.42. The molecule has 0 radical (unpaired) electrons. The van der Waals surface area contributed by atoms with E-state index >= 15 is 0 Å². The van der Waals surface area contributed by atoms with Crippen molar-refractivity contribution in [2.75, 3.05) is 38.2 Å². The van der Waals surface area contributed by atoms with Gasteiger partial charge in [0.25, 0.3) is 0 Å². The number of rotatable bonds is 8. The third-order valence-electron chi connectivity index (χ3n) is 3.81. The van der Waals surface area contributed by atoms with Crippen molar-refractivity contribution in [2.24, 2.45) is 0 Å². The largest absolute Gasteiger partial charge is 0.315 e. The first-order valence-electron chi connectivity index (χ1n) is 7.40. The summed E-state index contributed by atoms with van der Waals surface area (Å²) in [7, 11) is 0. The van der Waals surface area contributed by atoms with E-state index in [2.05, 4.69) is 46.8 Å². The smallest absolute Gasteiger partial charge is 0.0472 e. The highest BCUT2D eigenvalue weighted by atomic mass is 32.2. The molecule has 0 saturated carbocycles. The van der Waals surface area contributed by atoms with Crippen LogP contribution in [-0.2, 0) is 0 Å². The van der Waals surface area contributed by atoms with Crippen molar-refractivity contribution in [3.8, 4) is 0 Å². The van der Waals surface area contributed by atoms with Gasteiger partial charge in [-0.1, -0.05) is 30.3 Å². The molecule has 0 aromatic heterocycles. The molecule has 1 aliphatic heterocycles. The molecule has 19 heavy (non-hydrogen) atoms. The van der Waals surface area contributed by atoms with Crippen molar-refractivity contribution in [1.29, 1.82) is 0 Å². The van der Waals surface area contributed by atoms with Crippen LogP contribution in [0, 0.1) is 0 Å². The zero-order valence-electron chi connectivity index (χ0n) is 12.0. The minimum atomic E-state index is 0.554. The molecule has 0 spiro atoms. The van der Waals surface area contributed by atoms with E-state index in [1.54, 1.807) is 0 Å². The zero-order valence-corrected chi connectivity index (χ0v) is 12.8. The molecule has 106 valence electrons. The lowest BCUT2D eigenvalue weighted by Gasteiger charge is -2.28. The number of thioether (sulfide) groups is 1. The quantitative estimate of drug-likeness (QED) is 0.735. The average molecular weight is 278 g/mol. The third-order valence-corrected chi connectivity index (χ3v) is 4.50. The van der Waals surface area contributed by atoms with Crippen molar-refractivity contribution < 1.29 is 0 Å². The first-order valence-corrected chi connectivity index (χ1v) is 8.80. The van der Waals surface area contributed by atoms with Gasteiger partial charge in [-0.25, -0.2) is 0 Å². The SMILES string of the molecule is CSCCCNCC(c1ccccc1)N1CCCC1. The number of benzene rings is 1.